The highest BCUT2D eigenvalue weighted by molar-refractivity contribution is 7.23. The number of β-amino-alcohol motifs (C(OH)–C–C–N with tert-alkyl or cyclic N) is 1. The molecule has 7 rings (SSSR count). The highest BCUT2D eigenvalue weighted by atomic mass is 32.1. The highest BCUT2D eigenvalue weighted by Crippen LogP contribution is 2.47. The summed E-state index contributed by atoms with van der Waals surface area (Å²) in [6, 6.07) is 5.55. The lowest BCUT2D eigenvalue weighted by molar-refractivity contribution is -0.0123. The van der Waals surface area contributed by atoms with Crippen molar-refractivity contribution in [1.29, 1.82) is 5.26 Å². The lowest BCUT2D eigenvalue weighted by atomic mass is 9.95. The quantitative estimate of drug-likeness (QED) is 0.286. The van der Waals surface area contributed by atoms with Crippen molar-refractivity contribution in [2.24, 2.45) is 0 Å². The molecule has 4 N–H and O–H groups in total. The summed E-state index contributed by atoms with van der Waals surface area (Å²) in [4.78, 5) is 12.9. The molecule has 0 bridgehead atoms. The average Bonchev–Trinajstić information content (AvgIpc) is 3.59. The summed E-state index contributed by atoms with van der Waals surface area (Å²) in [6.07, 6.45) is 1.00. The number of aromatic nitrogens is 2. The van der Waals surface area contributed by atoms with Gasteiger partial charge in [0.15, 0.2) is 5.82 Å². The maximum atomic E-state index is 16.8. The number of aromatic hydroxyl groups is 1. The number of anilines is 2. The van der Waals surface area contributed by atoms with E-state index in [0.717, 1.165) is 36.8 Å². The van der Waals surface area contributed by atoms with E-state index in [1.807, 2.05) is 6.07 Å². The van der Waals surface area contributed by atoms with Crippen molar-refractivity contribution in [3.63, 3.8) is 0 Å². The number of fused-ring (bicyclic) bond motifs is 3. The minimum Gasteiger partial charge on any atom is -0.507 e. The molecule has 3 fully saturated rings. The first kappa shape index (κ1) is 29.8. The Kier molecular flexibility index (Phi) is 7.20. The van der Waals surface area contributed by atoms with Gasteiger partial charge >= 0.3 is 6.01 Å². The van der Waals surface area contributed by atoms with E-state index >= 15 is 4.39 Å². The summed E-state index contributed by atoms with van der Waals surface area (Å²) in [6.45, 7) is 3.52. The summed E-state index contributed by atoms with van der Waals surface area (Å²) in [5, 5.41) is 32.3. The van der Waals surface area contributed by atoms with E-state index in [1.165, 1.54) is 12.1 Å². The predicted octanol–water partition coefficient (Wildman–Crippen LogP) is 4.49. The molecule has 5 heterocycles. The normalized spacial score (nSPS) is 25.5. The molecule has 10 nitrogen and oxygen atoms in total. The number of ether oxygens (including phenoxy) is 2. The standard InChI is InChI=1S/C31H31F3N6O4S/c1-30(42)13-39(7-8-43-14-30)28-18-9-21(41)23(17-3-4-20(33)26-22(17)19(11-35)27(36)45-26)24(34)25(18)37-29(38-28)44-15-31-5-2-6-40(31)12-16(32)10-31/h3-4,9,16,41-42H,2,5-8,10,12-15,36H2,1H3/t16-,30?,31+/m1/s1. The molecule has 0 aliphatic carbocycles. The molecule has 45 heavy (non-hydrogen) atoms. The average molecular weight is 641 g/mol. The van der Waals surface area contributed by atoms with Gasteiger partial charge in [-0.1, -0.05) is 6.07 Å². The molecule has 4 aromatic rings. The van der Waals surface area contributed by atoms with Gasteiger partial charge in [0.25, 0.3) is 0 Å². The van der Waals surface area contributed by atoms with E-state index in [1.54, 1.807) is 11.8 Å². The Labute approximate surface area is 260 Å². The zero-order valence-electron chi connectivity index (χ0n) is 24.4. The predicted molar refractivity (Wildman–Crippen MR) is 163 cm³/mol. The van der Waals surface area contributed by atoms with Gasteiger partial charge in [-0.25, -0.2) is 13.2 Å². The number of phenolic OH excluding ortho intramolecular Hbond substituents is 1. The maximum absolute atomic E-state index is 16.8. The molecule has 1 unspecified atom stereocenters. The number of hydrogen-bond acceptors (Lipinski definition) is 11. The fourth-order valence-corrected chi connectivity index (χ4v) is 8.03. The summed E-state index contributed by atoms with van der Waals surface area (Å²) in [7, 11) is 0. The van der Waals surface area contributed by atoms with Crippen LogP contribution in [0, 0.1) is 23.0 Å². The second kappa shape index (κ2) is 10.9. The van der Waals surface area contributed by atoms with Gasteiger partial charge in [0, 0.05) is 30.3 Å². The topological polar surface area (TPSA) is 141 Å². The summed E-state index contributed by atoms with van der Waals surface area (Å²) in [5.74, 6) is -1.86. The molecular weight excluding hydrogens is 609 g/mol. The lowest BCUT2D eigenvalue weighted by Crippen LogP contribution is -2.44. The van der Waals surface area contributed by atoms with Gasteiger partial charge in [0.2, 0.25) is 0 Å². The number of rotatable bonds is 5. The fraction of sp³-hybridized carbons (Fsp3) is 0.452. The van der Waals surface area contributed by atoms with Gasteiger partial charge in [-0.2, -0.15) is 15.2 Å². The summed E-state index contributed by atoms with van der Waals surface area (Å²) < 4.78 is 57.8. The zero-order valence-corrected chi connectivity index (χ0v) is 25.3. The van der Waals surface area contributed by atoms with E-state index in [2.05, 4.69) is 14.9 Å². The van der Waals surface area contributed by atoms with Gasteiger partial charge in [-0.15, -0.1) is 11.3 Å². The number of hydrogen-bond donors (Lipinski definition) is 3. The van der Waals surface area contributed by atoms with E-state index in [9.17, 15) is 24.3 Å². The molecule has 0 saturated carbocycles. The Bertz CT molecular complexity index is 1880. The van der Waals surface area contributed by atoms with Crippen LogP contribution in [0.1, 0.15) is 31.7 Å². The number of alkyl halides is 1. The number of halogens is 3. The van der Waals surface area contributed by atoms with E-state index in [0.29, 0.717) is 19.5 Å². The van der Waals surface area contributed by atoms with Crippen molar-refractivity contribution in [3.05, 3.63) is 35.4 Å². The van der Waals surface area contributed by atoms with Crippen molar-refractivity contribution in [1.82, 2.24) is 14.9 Å². The van der Waals surface area contributed by atoms with Crippen molar-refractivity contribution < 1.29 is 32.9 Å². The number of nitrogen functional groups attached to an aromatic ring is 1. The molecular formula is C31H31F3N6O4S. The summed E-state index contributed by atoms with van der Waals surface area (Å²) >= 11 is 0.863. The van der Waals surface area contributed by atoms with Gasteiger partial charge in [-0.05, 0) is 44.0 Å². The monoisotopic (exact) mass is 640 g/mol. The first-order valence-corrected chi connectivity index (χ1v) is 15.5. The fourth-order valence-electron chi connectivity index (χ4n) is 7.08. The Balaban J connectivity index is 1.41. The van der Waals surface area contributed by atoms with Crippen LogP contribution in [0.25, 0.3) is 32.1 Å². The van der Waals surface area contributed by atoms with Crippen LogP contribution in [0.15, 0.2) is 18.2 Å². The molecule has 3 aliphatic heterocycles. The van der Waals surface area contributed by atoms with Crippen molar-refractivity contribution in [2.45, 2.75) is 43.5 Å². The number of benzene rings is 2. The summed E-state index contributed by atoms with van der Waals surface area (Å²) in [5.41, 5.74) is 3.80. The Morgan fingerprint density at radius 3 is 2.91 bits per heavy atom. The molecule has 3 aliphatic rings. The number of nitrogens with zero attached hydrogens (tertiary/aromatic N) is 5. The zero-order chi connectivity index (χ0) is 31.7. The van der Waals surface area contributed by atoms with Crippen molar-refractivity contribution in [2.75, 3.05) is 56.6 Å². The Hall–Kier alpha value is -3.90. The molecule has 3 atom stereocenters. The first-order valence-electron chi connectivity index (χ1n) is 14.7. The van der Waals surface area contributed by atoms with Gasteiger partial charge in [0.1, 0.15) is 52.4 Å². The van der Waals surface area contributed by atoms with Gasteiger partial charge in [-0.3, -0.25) is 4.90 Å². The molecule has 0 amide bonds. The third-order valence-electron chi connectivity index (χ3n) is 9.05. The van der Waals surface area contributed by atoms with E-state index in [4.69, 9.17) is 15.2 Å². The smallest absolute Gasteiger partial charge is 0.319 e. The SMILES string of the molecule is CC1(O)COCCN(c2nc(OC[C@@]34CCCN3C[C@H](F)C4)nc3c(F)c(-c4ccc(F)c5sc(N)c(C#N)c45)c(O)cc23)C1. The van der Waals surface area contributed by atoms with E-state index in [-0.39, 0.29) is 80.9 Å². The number of nitriles is 1. The molecule has 14 heteroatoms. The minimum absolute atomic E-state index is 0.0225. The molecule has 236 valence electrons. The third kappa shape index (κ3) is 4.98. The van der Waals surface area contributed by atoms with Crippen LogP contribution in [0.3, 0.4) is 0 Å². The van der Waals surface area contributed by atoms with Crippen LogP contribution in [0.5, 0.6) is 11.8 Å². The number of thiophene rings is 1. The number of phenols is 1. The molecule has 2 aromatic carbocycles. The molecule has 0 radical (unpaired) electrons. The molecule has 0 spiro atoms. The molecule has 2 aromatic heterocycles. The minimum atomic E-state index is -1.26. The van der Waals surface area contributed by atoms with Gasteiger partial charge < -0.3 is 30.3 Å². The van der Waals surface area contributed by atoms with Gasteiger partial charge in [0.05, 0.1) is 41.1 Å². The second-order valence-corrected chi connectivity index (χ2v) is 13.5. The van der Waals surface area contributed by atoms with Crippen molar-refractivity contribution in [3.8, 4) is 29.0 Å². The van der Waals surface area contributed by atoms with Crippen LogP contribution in [0.2, 0.25) is 0 Å². The Morgan fingerprint density at radius 1 is 1.29 bits per heavy atom. The number of nitrogens with two attached hydrogens (primary N) is 1. The largest absolute Gasteiger partial charge is 0.507 e. The third-order valence-corrected chi connectivity index (χ3v) is 10.1. The lowest BCUT2D eigenvalue weighted by Gasteiger charge is -2.31. The Morgan fingerprint density at radius 2 is 2.11 bits per heavy atom. The van der Waals surface area contributed by atoms with Crippen LogP contribution in [-0.4, -0.2) is 88.4 Å². The maximum Gasteiger partial charge on any atom is 0.319 e. The van der Waals surface area contributed by atoms with Crippen LogP contribution in [0.4, 0.5) is 24.0 Å². The molecule has 3 saturated heterocycles. The number of aliphatic hydroxyl groups is 1. The second-order valence-electron chi connectivity index (χ2n) is 12.4. The first-order chi connectivity index (χ1) is 21.5. The van der Waals surface area contributed by atoms with Crippen LogP contribution >= 0.6 is 11.3 Å². The highest BCUT2D eigenvalue weighted by Gasteiger charge is 2.49. The van der Waals surface area contributed by atoms with Crippen LogP contribution < -0.4 is 15.4 Å². The van der Waals surface area contributed by atoms with Crippen LogP contribution in [-0.2, 0) is 4.74 Å². The van der Waals surface area contributed by atoms with E-state index < -0.39 is 34.7 Å². The van der Waals surface area contributed by atoms with Crippen molar-refractivity contribution >= 4 is 43.1 Å².